The highest BCUT2D eigenvalue weighted by molar-refractivity contribution is 7.62. The van der Waals surface area contributed by atoms with Gasteiger partial charge in [-0.15, -0.1) is 0 Å². The highest BCUT2D eigenvalue weighted by Crippen LogP contribution is 2.55. The molecule has 3 N–H and O–H groups in total. The molecule has 1 aromatic heterocycles. The largest absolute Gasteiger partial charge is 0.377 e. The Hall–Kier alpha value is -1.75. The molecule has 0 unspecified atom stereocenters. The van der Waals surface area contributed by atoms with E-state index in [-0.39, 0.29) is 0 Å². The maximum absolute atomic E-state index is 11.3. The maximum Gasteiger partial charge on any atom is 0.269 e. The van der Waals surface area contributed by atoms with Crippen LogP contribution in [-0.4, -0.2) is 59.4 Å². The third kappa shape index (κ3) is 4.45. The first-order valence-corrected chi connectivity index (χ1v) is 11.8. The number of amides is 1. The van der Waals surface area contributed by atoms with Crippen molar-refractivity contribution < 1.29 is 9.53 Å². The quantitative estimate of drug-likeness (QED) is 0.766. The van der Waals surface area contributed by atoms with Crippen molar-refractivity contribution in [3.8, 4) is 0 Å². The van der Waals surface area contributed by atoms with E-state index in [0.29, 0.717) is 20.4 Å². The Balaban J connectivity index is 0.000000162. The Morgan fingerprint density at radius 1 is 1.32 bits per heavy atom. The van der Waals surface area contributed by atoms with Gasteiger partial charge >= 0.3 is 0 Å². The number of fused-ring (bicyclic) bond motifs is 1. The Labute approximate surface area is 167 Å². The number of aromatic nitrogens is 2. The molecule has 0 bridgehead atoms. The van der Waals surface area contributed by atoms with Crippen LogP contribution in [0.2, 0.25) is 0 Å². The predicted molar refractivity (Wildman–Crippen MR) is 115 cm³/mol. The third-order valence-corrected chi connectivity index (χ3v) is 7.92. The Kier molecular flexibility index (Phi) is 6.10. The summed E-state index contributed by atoms with van der Waals surface area (Å²) in [6.45, 7) is 1.37. The summed E-state index contributed by atoms with van der Waals surface area (Å²) in [5.74, 6) is -0.514. The van der Waals surface area contributed by atoms with E-state index < -0.39 is 5.91 Å². The molecule has 28 heavy (non-hydrogen) atoms. The number of hydrogen-bond acceptors (Lipinski definition) is 4. The zero-order valence-electron chi connectivity index (χ0n) is 16.5. The number of carbonyl (C=O) groups is 1. The molecule has 1 aliphatic carbocycles. The van der Waals surface area contributed by atoms with Gasteiger partial charge in [0.1, 0.15) is 0 Å². The zero-order valence-corrected chi connectivity index (χ0v) is 17.4. The van der Waals surface area contributed by atoms with E-state index in [2.05, 4.69) is 28.0 Å². The van der Waals surface area contributed by atoms with E-state index in [1.165, 1.54) is 43.6 Å². The molecule has 0 spiro atoms. The fraction of sp³-hybridized carbons (Fsp3) is 0.524. The van der Waals surface area contributed by atoms with Gasteiger partial charge in [-0.1, -0.05) is 25.0 Å². The van der Waals surface area contributed by atoms with Crippen LogP contribution in [0.25, 0.3) is 16.5 Å². The van der Waals surface area contributed by atoms with Crippen molar-refractivity contribution in [2.45, 2.75) is 38.1 Å². The smallest absolute Gasteiger partial charge is 0.269 e. The lowest BCUT2D eigenvalue weighted by atomic mass is 9.99. The Bertz CT molecular complexity index is 868. The molecule has 2 fully saturated rings. The lowest BCUT2D eigenvalue weighted by Gasteiger charge is -2.22. The lowest BCUT2D eigenvalue weighted by molar-refractivity contribution is 0.0997. The van der Waals surface area contributed by atoms with Crippen molar-refractivity contribution in [1.29, 1.82) is 0 Å². The molecule has 2 aromatic rings. The number of carbonyl (C=O) groups excluding carboxylic acids is 1. The molecule has 2 aliphatic heterocycles. The average Bonchev–Trinajstić information content (AvgIpc) is 3.25. The molecular formula is C21H29N4O2P. The second-order valence-corrected chi connectivity index (χ2v) is 10.3. The van der Waals surface area contributed by atoms with Crippen molar-refractivity contribution >= 4 is 30.5 Å². The first-order chi connectivity index (χ1) is 13.6. The molecular weight excluding hydrogens is 371 g/mol. The molecule has 0 atom stereocenters. The standard InChI is InChI=1S/C13H13N3O2.C8H16NP/c14-13(17)12-10-7-9(1-2-11(10)15-16-12)8-3-5-18-6-4-8;1-9(10-6-7-10)8-4-2-3-5-8/h1-3,7H,4-6H2,(H2,14,17)(H,15,16);8H,2-7H2,1H3. The van der Waals surface area contributed by atoms with E-state index in [1.807, 2.05) is 18.2 Å². The third-order valence-electron chi connectivity index (χ3n) is 5.85. The van der Waals surface area contributed by atoms with E-state index in [4.69, 9.17) is 10.5 Å². The van der Waals surface area contributed by atoms with Crippen LogP contribution >= 0.6 is 8.07 Å². The minimum Gasteiger partial charge on any atom is -0.377 e. The van der Waals surface area contributed by atoms with E-state index in [1.54, 1.807) is 0 Å². The van der Waals surface area contributed by atoms with E-state index in [9.17, 15) is 4.79 Å². The van der Waals surface area contributed by atoms with Gasteiger partial charge in [-0.25, -0.2) is 0 Å². The SMILES string of the molecule is CN(C1CCCC1)P1CC1.NC(=O)c1n[nH]c2ccc(C3=CCOCC3)cc12. The summed E-state index contributed by atoms with van der Waals surface area (Å²) in [6, 6.07) is 6.87. The van der Waals surface area contributed by atoms with Gasteiger partial charge in [0.05, 0.1) is 18.7 Å². The molecule has 0 radical (unpaired) electrons. The summed E-state index contributed by atoms with van der Waals surface area (Å²) < 4.78 is 7.97. The van der Waals surface area contributed by atoms with Crippen molar-refractivity contribution in [1.82, 2.24) is 14.9 Å². The number of ether oxygens (including phenoxy) is 1. The van der Waals surface area contributed by atoms with Crippen molar-refractivity contribution in [3.05, 3.63) is 35.5 Å². The number of aromatic amines is 1. The van der Waals surface area contributed by atoms with Crippen LogP contribution in [0, 0.1) is 0 Å². The number of benzene rings is 1. The second-order valence-electron chi connectivity index (χ2n) is 7.72. The van der Waals surface area contributed by atoms with Gasteiger partial charge in [0, 0.05) is 11.4 Å². The average molecular weight is 400 g/mol. The number of H-pyrrole nitrogens is 1. The van der Waals surface area contributed by atoms with Crippen LogP contribution < -0.4 is 5.73 Å². The summed E-state index contributed by atoms with van der Waals surface area (Å²) in [5.41, 5.74) is 8.74. The van der Waals surface area contributed by atoms with Gasteiger partial charge in [0.15, 0.2) is 5.69 Å². The first-order valence-electron chi connectivity index (χ1n) is 10.2. The minimum absolute atomic E-state index is 0.291. The summed E-state index contributed by atoms with van der Waals surface area (Å²) in [6.07, 6.45) is 11.9. The molecule has 1 aromatic carbocycles. The molecule has 1 saturated carbocycles. The summed E-state index contributed by atoms with van der Waals surface area (Å²) >= 11 is 0. The number of nitrogens with two attached hydrogens (primary N) is 1. The number of primary amides is 1. The van der Waals surface area contributed by atoms with Crippen LogP contribution in [0.4, 0.5) is 0 Å². The molecule has 3 heterocycles. The fourth-order valence-electron chi connectivity index (χ4n) is 4.06. The predicted octanol–water partition coefficient (Wildman–Crippen LogP) is 3.74. The molecule has 6 nitrogen and oxygen atoms in total. The van der Waals surface area contributed by atoms with Crippen LogP contribution in [0.5, 0.6) is 0 Å². The maximum atomic E-state index is 11.3. The number of hydrogen-bond donors (Lipinski definition) is 2. The van der Waals surface area contributed by atoms with Gasteiger partial charge in [-0.2, -0.15) is 5.10 Å². The van der Waals surface area contributed by atoms with Gasteiger partial charge in [0.2, 0.25) is 0 Å². The topological polar surface area (TPSA) is 84.2 Å². The molecule has 5 rings (SSSR count). The van der Waals surface area contributed by atoms with Gasteiger partial charge in [-0.3, -0.25) is 14.6 Å². The normalized spacial score (nSPS) is 20.1. The van der Waals surface area contributed by atoms with Crippen LogP contribution in [0.3, 0.4) is 0 Å². The molecule has 3 aliphatic rings. The molecule has 150 valence electrons. The highest BCUT2D eigenvalue weighted by Gasteiger charge is 2.31. The van der Waals surface area contributed by atoms with Crippen molar-refractivity contribution in [2.75, 3.05) is 32.6 Å². The Morgan fingerprint density at radius 2 is 2.11 bits per heavy atom. The van der Waals surface area contributed by atoms with Gasteiger partial charge in [-0.05, 0) is 70.0 Å². The van der Waals surface area contributed by atoms with Gasteiger partial charge < -0.3 is 10.5 Å². The summed E-state index contributed by atoms with van der Waals surface area (Å²) in [7, 11) is 2.75. The van der Waals surface area contributed by atoms with E-state index >= 15 is 0 Å². The minimum atomic E-state index is -0.514. The van der Waals surface area contributed by atoms with Crippen molar-refractivity contribution in [3.63, 3.8) is 0 Å². The first kappa shape index (κ1) is 19.6. The highest BCUT2D eigenvalue weighted by atomic mass is 31.1. The number of nitrogens with zero attached hydrogens (tertiary/aromatic N) is 2. The molecule has 1 saturated heterocycles. The van der Waals surface area contributed by atoms with Gasteiger partial charge in [0.25, 0.3) is 5.91 Å². The Morgan fingerprint density at radius 3 is 2.75 bits per heavy atom. The lowest BCUT2D eigenvalue weighted by Crippen LogP contribution is -2.21. The summed E-state index contributed by atoms with van der Waals surface area (Å²) in [5, 5.41) is 7.51. The number of nitrogens with one attached hydrogen (secondary N) is 1. The van der Waals surface area contributed by atoms with Crippen LogP contribution in [0.1, 0.15) is 48.2 Å². The fourth-order valence-corrected chi connectivity index (χ4v) is 5.74. The van der Waals surface area contributed by atoms with Crippen LogP contribution in [0.15, 0.2) is 24.3 Å². The summed E-state index contributed by atoms with van der Waals surface area (Å²) in [4.78, 5) is 11.3. The molecule has 7 heteroatoms. The molecule has 1 amide bonds. The second kappa shape index (κ2) is 8.73. The number of rotatable bonds is 4. The monoisotopic (exact) mass is 400 g/mol. The van der Waals surface area contributed by atoms with E-state index in [0.717, 1.165) is 35.5 Å². The van der Waals surface area contributed by atoms with Crippen LogP contribution in [-0.2, 0) is 4.74 Å². The van der Waals surface area contributed by atoms with Crippen molar-refractivity contribution in [2.24, 2.45) is 5.73 Å². The zero-order chi connectivity index (χ0) is 19.5.